The van der Waals surface area contributed by atoms with E-state index in [1.807, 2.05) is 0 Å². The lowest BCUT2D eigenvalue weighted by Crippen LogP contribution is -2.10. The van der Waals surface area contributed by atoms with Crippen LogP contribution < -0.4 is 9.47 Å². The maximum absolute atomic E-state index is 11.3. The zero-order chi connectivity index (χ0) is 14.1. The van der Waals surface area contributed by atoms with Gasteiger partial charge in [0.1, 0.15) is 6.61 Å². The summed E-state index contributed by atoms with van der Waals surface area (Å²) in [5.74, 6) is 1.14. The maximum atomic E-state index is 11.3. The fraction of sp³-hybridized carbons (Fsp3) is 0.500. The number of rotatable bonds is 9. The van der Waals surface area contributed by atoms with Gasteiger partial charge in [0.05, 0.1) is 26.9 Å². The number of ketones is 1. The van der Waals surface area contributed by atoms with E-state index in [9.17, 15) is 4.79 Å². The highest BCUT2D eigenvalue weighted by molar-refractivity contribution is 5.94. The van der Waals surface area contributed by atoms with E-state index in [0.717, 1.165) is 0 Å². The number of benzene rings is 1. The van der Waals surface area contributed by atoms with E-state index < -0.39 is 0 Å². The average molecular weight is 268 g/mol. The lowest BCUT2D eigenvalue weighted by Gasteiger charge is -2.11. The quantitative estimate of drug-likeness (QED) is 0.506. The molecule has 0 fully saturated rings. The van der Waals surface area contributed by atoms with Crippen LogP contribution in [0, 0.1) is 0 Å². The molecule has 0 saturated heterocycles. The normalized spacial score (nSPS) is 10.3. The Kier molecular flexibility index (Phi) is 6.92. The van der Waals surface area contributed by atoms with E-state index in [2.05, 4.69) is 0 Å². The molecule has 0 aromatic heterocycles. The number of carbonyl (C=O) groups excluding carboxylic acids is 1. The van der Waals surface area contributed by atoms with Crippen molar-refractivity contribution in [1.29, 1.82) is 0 Å². The first-order valence-electron chi connectivity index (χ1n) is 6.07. The van der Waals surface area contributed by atoms with E-state index in [1.54, 1.807) is 32.4 Å². The highest BCUT2D eigenvalue weighted by Crippen LogP contribution is 2.28. The van der Waals surface area contributed by atoms with Gasteiger partial charge in [-0.15, -0.1) is 0 Å². The van der Waals surface area contributed by atoms with E-state index >= 15 is 0 Å². The standard InChI is InChI=1S/C14H20O5/c1-11(15)12-4-5-13(14(10-12)17-3)19-9-8-18-7-6-16-2/h4-5,10H,6-9H2,1-3H3. The van der Waals surface area contributed by atoms with Crippen LogP contribution in [0.3, 0.4) is 0 Å². The zero-order valence-corrected chi connectivity index (χ0v) is 11.6. The Balaban J connectivity index is 2.47. The zero-order valence-electron chi connectivity index (χ0n) is 11.6. The van der Waals surface area contributed by atoms with Crippen molar-refractivity contribution in [3.8, 4) is 11.5 Å². The van der Waals surface area contributed by atoms with Gasteiger partial charge in [0.25, 0.3) is 0 Å². The van der Waals surface area contributed by atoms with Crippen molar-refractivity contribution in [1.82, 2.24) is 0 Å². The second-order valence-electron chi connectivity index (χ2n) is 3.88. The predicted molar refractivity (Wildman–Crippen MR) is 71.2 cm³/mol. The van der Waals surface area contributed by atoms with Crippen LogP contribution in [0.2, 0.25) is 0 Å². The smallest absolute Gasteiger partial charge is 0.161 e. The number of hydrogen-bond donors (Lipinski definition) is 0. The van der Waals surface area contributed by atoms with Crippen molar-refractivity contribution >= 4 is 5.78 Å². The van der Waals surface area contributed by atoms with Crippen molar-refractivity contribution in [3.63, 3.8) is 0 Å². The van der Waals surface area contributed by atoms with Crippen LogP contribution in [0.4, 0.5) is 0 Å². The van der Waals surface area contributed by atoms with Gasteiger partial charge in [-0.3, -0.25) is 4.79 Å². The summed E-state index contributed by atoms with van der Waals surface area (Å²) >= 11 is 0. The molecular weight excluding hydrogens is 248 g/mol. The molecule has 0 spiro atoms. The fourth-order valence-corrected chi connectivity index (χ4v) is 1.46. The molecule has 19 heavy (non-hydrogen) atoms. The summed E-state index contributed by atoms with van der Waals surface area (Å²) in [6.45, 7) is 3.51. The van der Waals surface area contributed by atoms with Gasteiger partial charge < -0.3 is 18.9 Å². The minimum Gasteiger partial charge on any atom is -0.493 e. The summed E-state index contributed by atoms with van der Waals surface area (Å²) in [5, 5.41) is 0. The average Bonchev–Trinajstić information content (AvgIpc) is 2.42. The molecule has 1 rings (SSSR count). The van der Waals surface area contributed by atoms with E-state index in [-0.39, 0.29) is 5.78 Å². The molecule has 0 amide bonds. The first-order chi connectivity index (χ1) is 9.19. The van der Waals surface area contributed by atoms with Crippen LogP contribution in [-0.2, 0) is 9.47 Å². The minimum atomic E-state index is -0.00671. The molecule has 0 aliphatic rings. The van der Waals surface area contributed by atoms with Crippen LogP contribution in [0.15, 0.2) is 18.2 Å². The number of hydrogen-bond acceptors (Lipinski definition) is 5. The topological polar surface area (TPSA) is 54.0 Å². The first-order valence-corrected chi connectivity index (χ1v) is 6.07. The van der Waals surface area contributed by atoms with Crippen LogP contribution in [0.5, 0.6) is 11.5 Å². The van der Waals surface area contributed by atoms with Gasteiger partial charge in [-0.2, -0.15) is 0 Å². The molecule has 0 N–H and O–H groups in total. The summed E-state index contributed by atoms with van der Waals surface area (Å²) in [7, 11) is 3.17. The highest BCUT2D eigenvalue weighted by Gasteiger charge is 2.08. The second kappa shape index (κ2) is 8.50. The van der Waals surface area contributed by atoms with Crippen LogP contribution in [0.25, 0.3) is 0 Å². The lowest BCUT2D eigenvalue weighted by molar-refractivity contribution is 0.0540. The molecule has 106 valence electrons. The Morgan fingerprint density at radius 2 is 1.79 bits per heavy atom. The first kappa shape index (κ1) is 15.5. The van der Waals surface area contributed by atoms with Gasteiger partial charge in [-0.1, -0.05) is 0 Å². The van der Waals surface area contributed by atoms with Crippen molar-refractivity contribution in [2.45, 2.75) is 6.92 Å². The molecule has 0 aliphatic carbocycles. The van der Waals surface area contributed by atoms with Crippen LogP contribution in [0.1, 0.15) is 17.3 Å². The third-order valence-corrected chi connectivity index (χ3v) is 2.49. The van der Waals surface area contributed by atoms with Gasteiger partial charge in [-0.25, -0.2) is 0 Å². The number of methoxy groups -OCH3 is 2. The molecule has 1 aromatic rings. The summed E-state index contributed by atoms with van der Waals surface area (Å²) in [6, 6.07) is 5.11. The highest BCUT2D eigenvalue weighted by atomic mass is 16.5. The van der Waals surface area contributed by atoms with Crippen molar-refractivity contribution < 1.29 is 23.7 Å². The van der Waals surface area contributed by atoms with Gasteiger partial charge in [0.15, 0.2) is 17.3 Å². The summed E-state index contributed by atoms with van der Waals surface area (Å²) < 4.78 is 20.9. The fourth-order valence-electron chi connectivity index (χ4n) is 1.46. The molecule has 0 radical (unpaired) electrons. The lowest BCUT2D eigenvalue weighted by atomic mass is 10.1. The third-order valence-electron chi connectivity index (χ3n) is 2.49. The van der Waals surface area contributed by atoms with Crippen molar-refractivity contribution in [3.05, 3.63) is 23.8 Å². The molecule has 0 aliphatic heterocycles. The Hall–Kier alpha value is -1.59. The SMILES string of the molecule is COCCOCCOc1ccc(C(C)=O)cc1OC. The monoisotopic (exact) mass is 268 g/mol. The van der Waals surface area contributed by atoms with E-state index in [1.165, 1.54) is 6.92 Å². The second-order valence-corrected chi connectivity index (χ2v) is 3.88. The van der Waals surface area contributed by atoms with E-state index in [0.29, 0.717) is 43.5 Å². The molecule has 0 bridgehead atoms. The van der Waals surface area contributed by atoms with Gasteiger partial charge >= 0.3 is 0 Å². The summed E-state index contributed by atoms with van der Waals surface area (Å²) in [5.41, 5.74) is 0.598. The molecular formula is C14H20O5. The summed E-state index contributed by atoms with van der Waals surface area (Å²) in [6.07, 6.45) is 0. The molecule has 5 nitrogen and oxygen atoms in total. The molecule has 0 atom stereocenters. The Labute approximate surface area is 113 Å². The molecule has 0 heterocycles. The van der Waals surface area contributed by atoms with E-state index in [4.69, 9.17) is 18.9 Å². The van der Waals surface area contributed by atoms with Crippen molar-refractivity contribution in [2.24, 2.45) is 0 Å². The van der Waals surface area contributed by atoms with Crippen LogP contribution >= 0.6 is 0 Å². The van der Waals surface area contributed by atoms with Gasteiger partial charge in [0.2, 0.25) is 0 Å². The van der Waals surface area contributed by atoms with Gasteiger partial charge in [-0.05, 0) is 25.1 Å². The molecule has 5 heteroatoms. The van der Waals surface area contributed by atoms with Gasteiger partial charge in [0, 0.05) is 12.7 Å². The number of Topliss-reactive ketones (excluding diaryl/α,β-unsaturated/α-hetero) is 1. The van der Waals surface area contributed by atoms with Crippen molar-refractivity contribution in [2.75, 3.05) is 40.6 Å². The largest absolute Gasteiger partial charge is 0.493 e. The number of carbonyl (C=O) groups is 1. The molecule has 0 saturated carbocycles. The molecule has 0 unspecified atom stereocenters. The minimum absolute atomic E-state index is 0.00671. The summed E-state index contributed by atoms with van der Waals surface area (Å²) in [4.78, 5) is 11.3. The number of ether oxygens (including phenoxy) is 4. The maximum Gasteiger partial charge on any atom is 0.161 e. The Morgan fingerprint density at radius 1 is 1.05 bits per heavy atom. The molecule has 1 aromatic carbocycles. The Morgan fingerprint density at radius 3 is 2.42 bits per heavy atom. The predicted octanol–water partition coefficient (Wildman–Crippen LogP) is 1.94. The Bertz CT molecular complexity index is 403. The van der Waals surface area contributed by atoms with Crippen LogP contribution in [-0.4, -0.2) is 46.4 Å². The third kappa shape index (κ3) is 5.28.